The smallest absolute Gasteiger partial charge is 0.0713 e. The highest BCUT2D eigenvalue weighted by Gasteiger charge is 1.98. The number of nitrogens with zero attached hydrogens (tertiary/aromatic N) is 1. The summed E-state index contributed by atoms with van der Waals surface area (Å²) in [6, 6.07) is 8.59. The lowest BCUT2D eigenvalue weighted by atomic mass is 10.1. The van der Waals surface area contributed by atoms with Crippen LogP contribution in [0.15, 0.2) is 29.3 Å². The maximum absolute atomic E-state index is 3.94. The Morgan fingerprint density at radius 2 is 1.82 bits per heavy atom. The maximum atomic E-state index is 3.94. The van der Waals surface area contributed by atoms with E-state index in [9.17, 15) is 0 Å². The van der Waals surface area contributed by atoms with E-state index in [0.717, 1.165) is 0 Å². The van der Waals surface area contributed by atoms with Gasteiger partial charge in [-0.15, -0.1) is 0 Å². The summed E-state index contributed by atoms with van der Waals surface area (Å²) in [6.45, 7) is 7.63. The van der Waals surface area contributed by atoms with Gasteiger partial charge in [0, 0.05) is 0 Å². The van der Waals surface area contributed by atoms with Crippen LogP contribution in [0.2, 0.25) is 0 Å². The number of aliphatic imine (C=N–C) groups is 1. The van der Waals surface area contributed by atoms with Gasteiger partial charge in [-0.25, -0.2) is 0 Å². The molecule has 0 saturated heterocycles. The van der Waals surface area contributed by atoms with Crippen molar-refractivity contribution in [1.82, 2.24) is 0 Å². The lowest BCUT2D eigenvalue weighted by molar-refractivity contribution is 0.828. The van der Waals surface area contributed by atoms with E-state index in [2.05, 4.69) is 42.9 Å². The van der Waals surface area contributed by atoms with E-state index in [1.165, 1.54) is 11.1 Å². The fourth-order valence-electron chi connectivity index (χ4n) is 0.950. The molecule has 0 fully saturated rings. The molecule has 0 saturated carbocycles. The number of rotatable bonds is 2. The summed E-state index contributed by atoms with van der Waals surface area (Å²) >= 11 is 0. The average molecular weight is 147 g/mol. The van der Waals surface area contributed by atoms with Gasteiger partial charge in [-0.1, -0.05) is 29.8 Å². The summed E-state index contributed by atoms with van der Waals surface area (Å²) < 4.78 is 0. The van der Waals surface area contributed by atoms with Crippen molar-refractivity contribution in [3.05, 3.63) is 35.4 Å². The van der Waals surface area contributed by atoms with Crippen LogP contribution in [0.25, 0.3) is 0 Å². The molecule has 0 radical (unpaired) electrons. The van der Waals surface area contributed by atoms with Gasteiger partial charge in [-0.2, -0.15) is 0 Å². The van der Waals surface area contributed by atoms with Crippen molar-refractivity contribution in [3.8, 4) is 0 Å². The normalized spacial score (nSPS) is 12.5. The van der Waals surface area contributed by atoms with Crippen LogP contribution in [0.4, 0.5) is 0 Å². The molecular formula is C10H13N. The molecule has 1 aromatic rings. The minimum Gasteiger partial charge on any atom is -0.293 e. The monoisotopic (exact) mass is 147 g/mol. The van der Waals surface area contributed by atoms with E-state index in [0.29, 0.717) is 0 Å². The molecule has 0 bridgehead atoms. The third-order valence-electron chi connectivity index (χ3n) is 1.83. The van der Waals surface area contributed by atoms with Gasteiger partial charge in [0.05, 0.1) is 6.04 Å². The summed E-state index contributed by atoms with van der Waals surface area (Å²) in [5, 5.41) is 0. The fourth-order valence-corrected chi connectivity index (χ4v) is 0.950. The summed E-state index contributed by atoms with van der Waals surface area (Å²) in [4.78, 5) is 3.94. The lowest BCUT2D eigenvalue weighted by Crippen LogP contribution is -1.87. The van der Waals surface area contributed by atoms with Gasteiger partial charge in [0.1, 0.15) is 0 Å². The van der Waals surface area contributed by atoms with Gasteiger partial charge in [0.2, 0.25) is 0 Å². The number of benzene rings is 1. The highest BCUT2D eigenvalue weighted by Crippen LogP contribution is 2.15. The van der Waals surface area contributed by atoms with E-state index >= 15 is 0 Å². The van der Waals surface area contributed by atoms with Crippen molar-refractivity contribution in [2.75, 3.05) is 0 Å². The summed E-state index contributed by atoms with van der Waals surface area (Å²) in [5.74, 6) is 0. The summed E-state index contributed by atoms with van der Waals surface area (Å²) in [7, 11) is 0. The Morgan fingerprint density at radius 1 is 1.27 bits per heavy atom. The van der Waals surface area contributed by atoms with Crippen molar-refractivity contribution in [2.24, 2.45) is 4.99 Å². The third-order valence-corrected chi connectivity index (χ3v) is 1.83. The van der Waals surface area contributed by atoms with Gasteiger partial charge in [0.25, 0.3) is 0 Å². The van der Waals surface area contributed by atoms with Crippen molar-refractivity contribution < 1.29 is 0 Å². The predicted molar refractivity (Wildman–Crippen MR) is 49.1 cm³/mol. The highest BCUT2D eigenvalue weighted by atomic mass is 14.7. The number of hydrogen-bond donors (Lipinski definition) is 0. The molecule has 0 aromatic heterocycles. The molecule has 0 spiro atoms. The molecule has 0 aliphatic carbocycles. The first-order valence-corrected chi connectivity index (χ1v) is 3.76. The molecule has 1 unspecified atom stereocenters. The molecule has 1 atom stereocenters. The molecule has 0 amide bonds. The standard InChI is InChI=1S/C10H13N/c1-8-4-6-10(7-5-8)9(2)11-3/h4-7,9H,3H2,1-2H3. The molecular weight excluding hydrogens is 134 g/mol. The molecule has 0 aliphatic heterocycles. The zero-order valence-corrected chi connectivity index (χ0v) is 7.04. The van der Waals surface area contributed by atoms with Crippen LogP contribution in [0.3, 0.4) is 0 Å². The summed E-state index contributed by atoms with van der Waals surface area (Å²) in [5.41, 5.74) is 2.51. The predicted octanol–water partition coefficient (Wildman–Crippen LogP) is 2.76. The molecule has 1 rings (SSSR count). The average Bonchev–Trinajstić information content (AvgIpc) is 2.05. The van der Waals surface area contributed by atoms with E-state index in [-0.39, 0.29) is 6.04 Å². The van der Waals surface area contributed by atoms with E-state index in [4.69, 9.17) is 0 Å². The quantitative estimate of drug-likeness (QED) is 0.570. The maximum Gasteiger partial charge on any atom is 0.0713 e. The Kier molecular flexibility index (Phi) is 2.42. The minimum absolute atomic E-state index is 0.218. The lowest BCUT2D eigenvalue weighted by Gasteiger charge is -2.04. The molecule has 0 heterocycles. The van der Waals surface area contributed by atoms with Crippen LogP contribution in [0.1, 0.15) is 24.1 Å². The Hall–Kier alpha value is -1.11. The second kappa shape index (κ2) is 3.33. The second-order valence-electron chi connectivity index (χ2n) is 2.77. The minimum atomic E-state index is 0.218. The highest BCUT2D eigenvalue weighted by molar-refractivity contribution is 5.29. The molecule has 0 N–H and O–H groups in total. The molecule has 58 valence electrons. The van der Waals surface area contributed by atoms with Gasteiger partial charge >= 0.3 is 0 Å². The van der Waals surface area contributed by atoms with Crippen LogP contribution >= 0.6 is 0 Å². The van der Waals surface area contributed by atoms with E-state index in [1.807, 2.05) is 6.92 Å². The van der Waals surface area contributed by atoms with Crippen LogP contribution in [-0.2, 0) is 0 Å². The van der Waals surface area contributed by atoms with Crippen molar-refractivity contribution in [1.29, 1.82) is 0 Å². The van der Waals surface area contributed by atoms with Crippen LogP contribution in [-0.4, -0.2) is 6.72 Å². The Morgan fingerprint density at radius 3 is 2.27 bits per heavy atom. The SMILES string of the molecule is C=NC(C)c1ccc(C)cc1. The van der Waals surface area contributed by atoms with Crippen LogP contribution in [0.5, 0.6) is 0 Å². The first-order chi connectivity index (χ1) is 5.24. The number of hydrogen-bond acceptors (Lipinski definition) is 1. The Balaban J connectivity index is 2.89. The fraction of sp³-hybridized carbons (Fsp3) is 0.300. The second-order valence-corrected chi connectivity index (χ2v) is 2.77. The van der Waals surface area contributed by atoms with Crippen molar-refractivity contribution in [3.63, 3.8) is 0 Å². The molecule has 1 heteroatoms. The van der Waals surface area contributed by atoms with Gasteiger partial charge in [-0.05, 0) is 26.1 Å². The zero-order valence-electron chi connectivity index (χ0n) is 7.04. The topological polar surface area (TPSA) is 12.4 Å². The molecule has 1 aromatic carbocycles. The Labute approximate surface area is 67.8 Å². The third kappa shape index (κ3) is 1.90. The summed E-state index contributed by atoms with van der Waals surface area (Å²) in [6.07, 6.45) is 0. The van der Waals surface area contributed by atoms with Crippen LogP contribution < -0.4 is 0 Å². The Bertz CT molecular complexity index is 236. The first-order valence-electron chi connectivity index (χ1n) is 3.76. The van der Waals surface area contributed by atoms with E-state index < -0.39 is 0 Å². The molecule has 11 heavy (non-hydrogen) atoms. The van der Waals surface area contributed by atoms with Crippen molar-refractivity contribution >= 4 is 6.72 Å². The zero-order chi connectivity index (χ0) is 8.27. The molecule has 0 aliphatic rings. The number of aryl methyl sites for hydroxylation is 1. The van der Waals surface area contributed by atoms with Gasteiger partial charge in [-0.3, -0.25) is 4.99 Å². The van der Waals surface area contributed by atoms with Gasteiger partial charge in [0.15, 0.2) is 0 Å². The first kappa shape index (κ1) is 7.99. The van der Waals surface area contributed by atoms with Gasteiger partial charge < -0.3 is 0 Å². The van der Waals surface area contributed by atoms with Crippen LogP contribution in [0, 0.1) is 6.92 Å². The largest absolute Gasteiger partial charge is 0.293 e. The van der Waals surface area contributed by atoms with E-state index in [1.54, 1.807) is 0 Å². The van der Waals surface area contributed by atoms with Crippen molar-refractivity contribution in [2.45, 2.75) is 19.9 Å². The molecule has 1 nitrogen and oxygen atoms in total.